The molecule has 3 heterocycles. The Kier molecular flexibility index (Phi) is 5.24. The number of esters is 2. The SMILES string of the molecule is COC(=O)C1=C(C(=O)OC)N(c2ccc(-c3cn4ccc(C)cc4n3)cc2)COC1. The van der Waals surface area contributed by atoms with E-state index in [-0.39, 0.29) is 24.6 Å². The molecular weight excluding hydrogens is 386 g/mol. The molecular formula is C22H21N3O5. The van der Waals surface area contributed by atoms with E-state index in [9.17, 15) is 9.59 Å². The van der Waals surface area contributed by atoms with Gasteiger partial charge in [0.25, 0.3) is 0 Å². The number of fused-ring (bicyclic) bond motifs is 1. The van der Waals surface area contributed by atoms with Gasteiger partial charge in [-0.3, -0.25) is 0 Å². The Morgan fingerprint density at radius 2 is 1.80 bits per heavy atom. The first-order valence-electron chi connectivity index (χ1n) is 9.32. The number of aryl methyl sites for hydroxylation is 1. The number of imidazole rings is 1. The van der Waals surface area contributed by atoms with Gasteiger partial charge < -0.3 is 23.5 Å². The third kappa shape index (κ3) is 3.53. The summed E-state index contributed by atoms with van der Waals surface area (Å²) in [6, 6.07) is 11.5. The number of hydrogen-bond donors (Lipinski definition) is 0. The molecule has 0 saturated heterocycles. The van der Waals surface area contributed by atoms with Crippen LogP contribution in [0.25, 0.3) is 16.9 Å². The summed E-state index contributed by atoms with van der Waals surface area (Å²) in [6.07, 6.45) is 3.94. The lowest BCUT2D eigenvalue weighted by Crippen LogP contribution is -2.38. The van der Waals surface area contributed by atoms with Crippen molar-refractivity contribution in [3.63, 3.8) is 0 Å². The van der Waals surface area contributed by atoms with Crippen molar-refractivity contribution < 1.29 is 23.8 Å². The second-order valence-electron chi connectivity index (χ2n) is 6.86. The van der Waals surface area contributed by atoms with Gasteiger partial charge in [-0.05, 0) is 36.8 Å². The van der Waals surface area contributed by atoms with Crippen LogP contribution >= 0.6 is 0 Å². The lowest BCUT2D eigenvalue weighted by Gasteiger charge is -2.31. The molecule has 30 heavy (non-hydrogen) atoms. The summed E-state index contributed by atoms with van der Waals surface area (Å²) in [6.45, 7) is 2.11. The first kappa shape index (κ1) is 19.7. The molecule has 0 aliphatic carbocycles. The second-order valence-corrected chi connectivity index (χ2v) is 6.86. The molecule has 8 nitrogen and oxygen atoms in total. The van der Waals surface area contributed by atoms with Gasteiger partial charge in [0, 0.05) is 23.6 Å². The number of benzene rings is 1. The van der Waals surface area contributed by atoms with E-state index in [4.69, 9.17) is 14.2 Å². The average Bonchev–Trinajstić information content (AvgIpc) is 3.20. The standard InChI is InChI=1S/C22H21N3O5/c1-14-8-9-24-11-18(23-19(24)10-14)15-4-6-16(7-5-15)25-13-30-12-17(21(26)28-2)20(25)22(27)29-3/h4-11H,12-13H2,1-3H3. The molecule has 0 saturated carbocycles. The highest BCUT2D eigenvalue weighted by atomic mass is 16.5. The van der Waals surface area contributed by atoms with Gasteiger partial charge in [-0.25, -0.2) is 14.6 Å². The van der Waals surface area contributed by atoms with E-state index in [0.29, 0.717) is 5.69 Å². The van der Waals surface area contributed by atoms with Gasteiger partial charge in [0.2, 0.25) is 0 Å². The fourth-order valence-corrected chi connectivity index (χ4v) is 3.38. The first-order valence-corrected chi connectivity index (χ1v) is 9.32. The molecule has 0 unspecified atom stereocenters. The van der Waals surface area contributed by atoms with Crippen LogP contribution in [0, 0.1) is 6.92 Å². The van der Waals surface area contributed by atoms with Crippen LogP contribution < -0.4 is 4.90 Å². The Morgan fingerprint density at radius 1 is 1.07 bits per heavy atom. The van der Waals surface area contributed by atoms with Crippen LogP contribution in [0.5, 0.6) is 0 Å². The minimum absolute atomic E-state index is 0.0215. The minimum Gasteiger partial charge on any atom is -0.466 e. The summed E-state index contributed by atoms with van der Waals surface area (Å²) < 4.78 is 17.2. The summed E-state index contributed by atoms with van der Waals surface area (Å²) in [5.41, 5.74) is 4.69. The van der Waals surface area contributed by atoms with E-state index in [1.54, 1.807) is 4.90 Å². The Hall–Kier alpha value is -3.65. The summed E-state index contributed by atoms with van der Waals surface area (Å²) in [5, 5.41) is 0. The summed E-state index contributed by atoms with van der Waals surface area (Å²) in [4.78, 5) is 30.8. The van der Waals surface area contributed by atoms with Crippen LogP contribution in [0.1, 0.15) is 5.56 Å². The predicted octanol–water partition coefficient (Wildman–Crippen LogP) is 2.70. The lowest BCUT2D eigenvalue weighted by molar-refractivity contribution is -0.140. The molecule has 3 aromatic rings. The molecule has 0 atom stereocenters. The molecule has 1 aromatic carbocycles. The van der Waals surface area contributed by atoms with Gasteiger partial charge in [-0.2, -0.15) is 0 Å². The van der Waals surface area contributed by atoms with Crippen molar-refractivity contribution >= 4 is 23.3 Å². The summed E-state index contributed by atoms with van der Waals surface area (Å²) >= 11 is 0. The maximum absolute atomic E-state index is 12.4. The van der Waals surface area contributed by atoms with E-state index in [1.807, 2.05) is 60.1 Å². The largest absolute Gasteiger partial charge is 0.466 e. The summed E-state index contributed by atoms with van der Waals surface area (Å²) in [5.74, 6) is -1.25. The zero-order chi connectivity index (χ0) is 21.3. The predicted molar refractivity (Wildman–Crippen MR) is 110 cm³/mol. The van der Waals surface area contributed by atoms with Crippen molar-refractivity contribution in [3.8, 4) is 11.3 Å². The van der Waals surface area contributed by atoms with Crippen molar-refractivity contribution in [2.24, 2.45) is 0 Å². The van der Waals surface area contributed by atoms with Gasteiger partial charge in [-0.1, -0.05) is 12.1 Å². The molecule has 1 aliphatic rings. The fraction of sp³-hybridized carbons (Fsp3) is 0.227. The quantitative estimate of drug-likeness (QED) is 0.615. The third-order valence-electron chi connectivity index (χ3n) is 4.92. The van der Waals surface area contributed by atoms with Crippen molar-refractivity contribution in [3.05, 3.63) is 65.6 Å². The number of rotatable bonds is 4. The number of aromatic nitrogens is 2. The first-order chi connectivity index (χ1) is 14.5. The van der Waals surface area contributed by atoms with Crippen molar-refractivity contribution in [2.75, 3.05) is 32.5 Å². The normalized spacial score (nSPS) is 14.2. The van der Waals surface area contributed by atoms with E-state index in [2.05, 4.69) is 4.98 Å². The molecule has 0 spiro atoms. The average molecular weight is 407 g/mol. The number of nitrogens with zero attached hydrogens (tertiary/aromatic N) is 3. The molecule has 0 bridgehead atoms. The maximum Gasteiger partial charge on any atom is 0.355 e. The van der Waals surface area contributed by atoms with Crippen molar-refractivity contribution in [1.82, 2.24) is 9.38 Å². The smallest absolute Gasteiger partial charge is 0.355 e. The number of methoxy groups -OCH3 is 2. The number of carbonyl (C=O) groups is 2. The molecule has 0 amide bonds. The van der Waals surface area contributed by atoms with Crippen molar-refractivity contribution in [1.29, 1.82) is 0 Å². The van der Waals surface area contributed by atoms with E-state index in [0.717, 1.165) is 22.5 Å². The Balaban J connectivity index is 1.69. The van der Waals surface area contributed by atoms with E-state index in [1.165, 1.54) is 14.2 Å². The highest BCUT2D eigenvalue weighted by Gasteiger charge is 2.32. The maximum atomic E-state index is 12.4. The highest BCUT2D eigenvalue weighted by Crippen LogP contribution is 2.29. The summed E-state index contributed by atoms with van der Waals surface area (Å²) in [7, 11) is 2.53. The number of ether oxygens (including phenoxy) is 3. The molecule has 1 aliphatic heterocycles. The number of pyridine rings is 1. The lowest BCUT2D eigenvalue weighted by atomic mass is 10.1. The van der Waals surface area contributed by atoms with Crippen LogP contribution in [0.2, 0.25) is 0 Å². The number of hydrogen-bond acceptors (Lipinski definition) is 7. The van der Waals surface area contributed by atoms with Crippen LogP contribution in [0.15, 0.2) is 60.1 Å². The zero-order valence-corrected chi connectivity index (χ0v) is 16.9. The van der Waals surface area contributed by atoms with Gasteiger partial charge in [0.05, 0.1) is 32.1 Å². The molecule has 0 fully saturated rings. The Morgan fingerprint density at radius 3 is 2.50 bits per heavy atom. The topological polar surface area (TPSA) is 82.4 Å². The minimum atomic E-state index is -0.628. The third-order valence-corrected chi connectivity index (χ3v) is 4.92. The van der Waals surface area contributed by atoms with Gasteiger partial charge >= 0.3 is 11.9 Å². The fourth-order valence-electron chi connectivity index (χ4n) is 3.38. The van der Waals surface area contributed by atoms with Gasteiger partial charge in [0.1, 0.15) is 18.1 Å². The Bertz CT molecular complexity index is 1150. The van der Waals surface area contributed by atoms with E-state index >= 15 is 0 Å². The van der Waals surface area contributed by atoms with Crippen LogP contribution in [0.3, 0.4) is 0 Å². The molecule has 0 radical (unpaired) electrons. The van der Waals surface area contributed by atoms with E-state index < -0.39 is 11.9 Å². The van der Waals surface area contributed by atoms with Gasteiger partial charge in [0.15, 0.2) is 0 Å². The number of anilines is 1. The molecule has 4 rings (SSSR count). The second kappa shape index (κ2) is 8.00. The van der Waals surface area contributed by atoms with Gasteiger partial charge in [-0.15, -0.1) is 0 Å². The molecule has 154 valence electrons. The van der Waals surface area contributed by atoms with Crippen molar-refractivity contribution in [2.45, 2.75) is 6.92 Å². The zero-order valence-electron chi connectivity index (χ0n) is 16.9. The van der Waals surface area contributed by atoms with Crippen LogP contribution in [-0.2, 0) is 23.8 Å². The molecule has 8 heteroatoms. The van der Waals surface area contributed by atoms with Crippen LogP contribution in [0.4, 0.5) is 5.69 Å². The molecule has 0 N–H and O–H groups in total. The number of carbonyl (C=O) groups excluding carboxylic acids is 2. The monoisotopic (exact) mass is 407 g/mol. The molecule has 2 aromatic heterocycles. The van der Waals surface area contributed by atoms with Crippen LogP contribution in [-0.4, -0.2) is 48.9 Å². The highest BCUT2D eigenvalue weighted by molar-refractivity contribution is 6.03. The Labute approximate surface area is 173 Å².